The molecule has 1 aliphatic heterocycles. The highest BCUT2D eigenvalue weighted by atomic mass is 35.5. The Bertz CT molecular complexity index is 1320. The molecule has 1 aromatic heterocycles. The van der Waals surface area contributed by atoms with Crippen LogP contribution < -0.4 is 4.74 Å². The third-order valence-corrected chi connectivity index (χ3v) is 7.76. The number of pyridine rings is 1. The molecule has 8 heteroatoms. The van der Waals surface area contributed by atoms with Gasteiger partial charge in [0.25, 0.3) is 0 Å². The van der Waals surface area contributed by atoms with Crippen LogP contribution in [-0.2, 0) is 4.79 Å². The minimum Gasteiger partial charge on any atom is -0.497 e. The van der Waals surface area contributed by atoms with Crippen molar-refractivity contribution in [2.45, 2.75) is 31.8 Å². The minimum absolute atomic E-state index is 0.000459. The number of nitrogens with zero attached hydrogens (tertiary/aromatic N) is 2. The van der Waals surface area contributed by atoms with Crippen LogP contribution in [0.5, 0.6) is 5.75 Å². The fourth-order valence-electron chi connectivity index (χ4n) is 5.05. The Kier molecular flexibility index (Phi) is 9.28. The SMILES string of the molecule is COc1ccc2nccc(C(O)CC[C@@H]3CCN(CC#Cc4ccc(Cl)c(Cl)c4)C[C@@H]3CC(=O)O)c2c1. The Morgan fingerprint density at radius 2 is 2.03 bits per heavy atom. The molecular weight excluding hydrogens is 511 g/mol. The number of benzene rings is 2. The first-order valence-corrected chi connectivity index (χ1v) is 13.1. The molecule has 6 nitrogen and oxygen atoms in total. The van der Waals surface area contributed by atoms with Gasteiger partial charge in [0.05, 0.1) is 35.3 Å². The number of aromatic nitrogens is 1. The van der Waals surface area contributed by atoms with Crippen molar-refractivity contribution >= 4 is 40.1 Å². The highest BCUT2D eigenvalue weighted by Gasteiger charge is 2.31. The van der Waals surface area contributed by atoms with Gasteiger partial charge in [-0.1, -0.05) is 35.0 Å². The van der Waals surface area contributed by atoms with Gasteiger partial charge < -0.3 is 14.9 Å². The molecule has 37 heavy (non-hydrogen) atoms. The zero-order valence-electron chi connectivity index (χ0n) is 20.7. The molecule has 0 radical (unpaired) electrons. The molecule has 2 heterocycles. The van der Waals surface area contributed by atoms with Crippen LogP contribution in [0.2, 0.25) is 10.0 Å². The maximum Gasteiger partial charge on any atom is 0.303 e. The number of piperidine rings is 1. The third kappa shape index (κ3) is 7.15. The standard InChI is InChI=1S/C29H30Cl2N2O4/c1-37-22-6-8-27-24(17-22)23(10-12-32-27)28(34)9-5-20-11-14-33(18-21(20)16-29(35)36)13-2-3-19-4-7-25(30)26(31)15-19/h4,6-8,10,12,15,17,20-21,28,34H,5,9,11,13-14,16,18H2,1H3,(H,35,36)/t20-,21+,28?/m1/s1. The molecule has 2 aromatic carbocycles. The predicted octanol–water partition coefficient (Wildman–Crippen LogP) is 5.83. The number of hydrogen-bond acceptors (Lipinski definition) is 5. The van der Waals surface area contributed by atoms with Crippen LogP contribution in [0.3, 0.4) is 0 Å². The summed E-state index contributed by atoms with van der Waals surface area (Å²) in [4.78, 5) is 18.2. The monoisotopic (exact) mass is 540 g/mol. The van der Waals surface area contributed by atoms with Crippen molar-refractivity contribution in [3.05, 3.63) is 69.8 Å². The van der Waals surface area contributed by atoms with E-state index in [0.29, 0.717) is 35.3 Å². The van der Waals surface area contributed by atoms with E-state index in [9.17, 15) is 15.0 Å². The molecule has 1 aliphatic rings. The van der Waals surface area contributed by atoms with Crippen LogP contribution in [0.1, 0.15) is 42.9 Å². The number of likely N-dealkylation sites (tertiary alicyclic amines) is 1. The number of carbonyl (C=O) groups is 1. The molecule has 3 aromatic rings. The number of aliphatic carboxylic acids is 1. The van der Waals surface area contributed by atoms with E-state index in [2.05, 4.69) is 21.7 Å². The molecule has 0 saturated carbocycles. The van der Waals surface area contributed by atoms with Gasteiger partial charge in [-0.25, -0.2) is 0 Å². The Balaban J connectivity index is 1.39. The zero-order chi connectivity index (χ0) is 26.4. The average molecular weight is 541 g/mol. The Labute approximate surface area is 227 Å². The van der Waals surface area contributed by atoms with Gasteiger partial charge in [0, 0.05) is 30.1 Å². The fraction of sp³-hybridized carbons (Fsp3) is 0.379. The van der Waals surface area contributed by atoms with Crippen molar-refractivity contribution in [3.63, 3.8) is 0 Å². The molecule has 3 atom stereocenters. The van der Waals surface area contributed by atoms with E-state index >= 15 is 0 Å². The molecule has 0 bridgehead atoms. The van der Waals surface area contributed by atoms with Gasteiger partial charge >= 0.3 is 5.97 Å². The summed E-state index contributed by atoms with van der Waals surface area (Å²) in [7, 11) is 1.61. The van der Waals surface area contributed by atoms with Crippen molar-refractivity contribution in [2.24, 2.45) is 11.8 Å². The highest BCUT2D eigenvalue weighted by molar-refractivity contribution is 6.42. The number of fused-ring (bicyclic) bond motifs is 1. The average Bonchev–Trinajstić information content (AvgIpc) is 2.89. The van der Waals surface area contributed by atoms with Crippen molar-refractivity contribution < 1.29 is 19.7 Å². The lowest BCUT2D eigenvalue weighted by Crippen LogP contribution is -2.41. The van der Waals surface area contributed by atoms with Crippen LogP contribution in [0, 0.1) is 23.7 Å². The Morgan fingerprint density at radius 1 is 1.19 bits per heavy atom. The van der Waals surface area contributed by atoms with Gasteiger partial charge in [-0.05, 0) is 85.7 Å². The number of ether oxygens (including phenoxy) is 1. The maximum absolute atomic E-state index is 11.6. The van der Waals surface area contributed by atoms with Gasteiger partial charge in [0.2, 0.25) is 0 Å². The first-order chi connectivity index (χ1) is 17.8. The summed E-state index contributed by atoms with van der Waals surface area (Å²) in [6, 6.07) is 12.8. The van der Waals surface area contributed by atoms with E-state index in [1.807, 2.05) is 30.3 Å². The first-order valence-electron chi connectivity index (χ1n) is 12.3. The summed E-state index contributed by atoms with van der Waals surface area (Å²) < 4.78 is 5.35. The number of rotatable bonds is 8. The Hall–Kier alpha value is -2.82. The van der Waals surface area contributed by atoms with Gasteiger partial charge in [-0.15, -0.1) is 0 Å². The quantitative estimate of drug-likeness (QED) is 0.350. The normalized spacial score (nSPS) is 18.7. The fourth-order valence-corrected chi connectivity index (χ4v) is 5.35. The van der Waals surface area contributed by atoms with Crippen molar-refractivity contribution in [1.29, 1.82) is 0 Å². The molecule has 4 rings (SSSR count). The molecule has 0 amide bonds. The number of hydrogen-bond donors (Lipinski definition) is 2. The van der Waals surface area contributed by atoms with E-state index in [-0.39, 0.29) is 18.3 Å². The molecule has 2 N–H and O–H groups in total. The first kappa shape index (κ1) is 27.2. The summed E-state index contributed by atoms with van der Waals surface area (Å²) in [6.45, 7) is 2.05. The second-order valence-electron chi connectivity index (χ2n) is 9.45. The van der Waals surface area contributed by atoms with E-state index in [1.54, 1.807) is 25.4 Å². The summed E-state index contributed by atoms with van der Waals surface area (Å²) in [6.07, 6.45) is 3.30. The summed E-state index contributed by atoms with van der Waals surface area (Å²) in [5.41, 5.74) is 2.41. The van der Waals surface area contributed by atoms with Crippen molar-refractivity contribution in [2.75, 3.05) is 26.7 Å². The largest absolute Gasteiger partial charge is 0.497 e. The summed E-state index contributed by atoms with van der Waals surface area (Å²) in [5.74, 6) is 6.41. The van der Waals surface area contributed by atoms with Crippen LogP contribution in [-0.4, -0.2) is 52.8 Å². The minimum atomic E-state index is -0.800. The van der Waals surface area contributed by atoms with Gasteiger partial charge in [0.15, 0.2) is 0 Å². The van der Waals surface area contributed by atoms with Crippen LogP contribution in [0.25, 0.3) is 10.9 Å². The maximum atomic E-state index is 11.6. The van der Waals surface area contributed by atoms with Gasteiger partial charge in [0.1, 0.15) is 5.75 Å². The van der Waals surface area contributed by atoms with Crippen LogP contribution in [0.15, 0.2) is 48.7 Å². The van der Waals surface area contributed by atoms with Crippen molar-refractivity contribution in [1.82, 2.24) is 9.88 Å². The molecule has 0 aliphatic carbocycles. The molecule has 1 saturated heterocycles. The predicted molar refractivity (Wildman–Crippen MR) is 146 cm³/mol. The second-order valence-corrected chi connectivity index (χ2v) is 10.3. The molecule has 194 valence electrons. The lowest BCUT2D eigenvalue weighted by molar-refractivity contribution is -0.139. The molecule has 0 spiro atoms. The molecule has 1 unspecified atom stereocenters. The van der Waals surface area contributed by atoms with Crippen LogP contribution >= 0.6 is 23.2 Å². The van der Waals surface area contributed by atoms with E-state index < -0.39 is 12.1 Å². The lowest BCUT2D eigenvalue weighted by atomic mass is 9.79. The van der Waals surface area contributed by atoms with Crippen LogP contribution in [0.4, 0.5) is 0 Å². The highest BCUT2D eigenvalue weighted by Crippen LogP contribution is 2.34. The topological polar surface area (TPSA) is 82.9 Å². The number of carboxylic acid groups (broad SMARTS) is 1. The summed E-state index contributed by atoms with van der Waals surface area (Å²) in [5, 5.41) is 22.4. The van der Waals surface area contributed by atoms with E-state index in [0.717, 1.165) is 41.4 Å². The second kappa shape index (κ2) is 12.6. The Morgan fingerprint density at radius 3 is 2.78 bits per heavy atom. The lowest BCUT2D eigenvalue weighted by Gasteiger charge is -2.37. The number of halogens is 2. The smallest absolute Gasteiger partial charge is 0.303 e. The number of aliphatic hydroxyl groups is 1. The van der Waals surface area contributed by atoms with E-state index in [4.69, 9.17) is 27.9 Å². The van der Waals surface area contributed by atoms with Crippen molar-refractivity contribution in [3.8, 4) is 17.6 Å². The zero-order valence-corrected chi connectivity index (χ0v) is 22.2. The van der Waals surface area contributed by atoms with E-state index in [1.165, 1.54) is 0 Å². The summed E-state index contributed by atoms with van der Waals surface area (Å²) >= 11 is 12.0. The number of aliphatic hydroxyl groups excluding tert-OH is 1. The van der Waals surface area contributed by atoms with Gasteiger partial charge in [-0.2, -0.15) is 0 Å². The number of methoxy groups -OCH3 is 1. The third-order valence-electron chi connectivity index (χ3n) is 7.02. The molecular formula is C29H30Cl2N2O4. The van der Waals surface area contributed by atoms with Gasteiger partial charge in [-0.3, -0.25) is 14.7 Å². The molecule has 1 fully saturated rings. The number of carboxylic acids is 1.